The van der Waals surface area contributed by atoms with Crippen LogP contribution in [0.3, 0.4) is 0 Å². The highest BCUT2D eigenvalue weighted by Crippen LogP contribution is 2.18. The van der Waals surface area contributed by atoms with Crippen LogP contribution in [0.4, 0.5) is 5.69 Å². The predicted octanol–water partition coefficient (Wildman–Crippen LogP) is 2.21. The van der Waals surface area contributed by atoms with Gasteiger partial charge < -0.3 is 10.6 Å². The molecule has 1 heterocycles. The van der Waals surface area contributed by atoms with Gasteiger partial charge in [-0.2, -0.15) is 5.10 Å². The van der Waals surface area contributed by atoms with Crippen LogP contribution in [0.5, 0.6) is 0 Å². The highest BCUT2D eigenvalue weighted by atomic mass is 32.1. The maximum atomic E-state index is 5.33. The third kappa shape index (κ3) is 3.19. The molecule has 0 bridgehead atoms. The number of nitrogens with one attached hydrogen (secondary N) is 2. The molecule has 1 fully saturated rings. The van der Waals surface area contributed by atoms with E-state index in [0.29, 0.717) is 6.04 Å². The molecule has 1 aliphatic carbocycles. The summed E-state index contributed by atoms with van der Waals surface area (Å²) in [7, 11) is 1.93. The number of thiocarbonyl (C=S) groups is 1. The molecule has 4 nitrogen and oxygen atoms in total. The van der Waals surface area contributed by atoms with Crippen LogP contribution >= 0.6 is 12.2 Å². The number of aryl methyl sites for hydroxylation is 2. The summed E-state index contributed by atoms with van der Waals surface area (Å²) in [5, 5.41) is 11.7. The maximum Gasteiger partial charge on any atom is 0.171 e. The molecule has 1 saturated carbocycles. The first-order valence-corrected chi connectivity index (χ1v) is 6.70. The summed E-state index contributed by atoms with van der Waals surface area (Å²) < 4.78 is 1.82. The summed E-state index contributed by atoms with van der Waals surface area (Å²) in [6.45, 7) is 2.10. The molecule has 0 atom stereocenters. The van der Waals surface area contributed by atoms with E-state index in [2.05, 4.69) is 22.7 Å². The van der Waals surface area contributed by atoms with Crippen molar-refractivity contribution >= 4 is 23.0 Å². The molecule has 0 amide bonds. The first-order valence-electron chi connectivity index (χ1n) is 6.29. The number of nitrogens with zero attached hydrogens (tertiary/aromatic N) is 2. The van der Waals surface area contributed by atoms with Crippen molar-refractivity contribution in [1.82, 2.24) is 15.1 Å². The van der Waals surface area contributed by atoms with Crippen molar-refractivity contribution < 1.29 is 0 Å². The lowest BCUT2D eigenvalue weighted by Crippen LogP contribution is -2.36. The smallest absolute Gasteiger partial charge is 0.171 e. The van der Waals surface area contributed by atoms with Crippen molar-refractivity contribution in [2.24, 2.45) is 7.05 Å². The summed E-state index contributed by atoms with van der Waals surface area (Å²) in [5.41, 5.74) is 2.08. The standard InChI is InChI=1S/C12H20N4S/c1-3-10-11(8-16(2)15-10)14-12(17)13-9-6-4-5-7-9/h8-9H,3-7H2,1-2H3,(H2,13,14,17). The summed E-state index contributed by atoms with van der Waals surface area (Å²) in [4.78, 5) is 0. The van der Waals surface area contributed by atoms with E-state index < -0.39 is 0 Å². The number of hydrogen-bond donors (Lipinski definition) is 2. The Balaban J connectivity index is 1.92. The van der Waals surface area contributed by atoms with Crippen molar-refractivity contribution in [3.05, 3.63) is 11.9 Å². The molecule has 0 aliphatic heterocycles. The number of hydrogen-bond acceptors (Lipinski definition) is 2. The van der Waals surface area contributed by atoms with Gasteiger partial charge in [-0.25, -0.2) is 0 Å². The second kappa shape index (κ2) is 5.49. The van der Waals surface area contributed by atoms with Crippen LogP contribution in [0, 0.1) is 0 Å². The van der Waals surface area contributed by atoms with Gasteiger partial charge in [0.25, 0.3) is 0 Å². The minimum atomic E-state index is 0.553. The Kier molecular flexibility index (Phi) is 3.99. The Morgan fingerprint density at radius 3 is 2.88 bits per heavy atom. The lowest BCUT2D eigenvalue weighted by atomic mass is 10.2. The van der Waals surface area contributed by atoms with Crippen molar-refractivity contribution in [3.8, 4) is 0 Å². The third-order valence-electron chi connectivity index (χ3n) is 3.18. The fourth-order valence-electron chi connectivity index (χ4n) is 2.31. The van der Waals surface area contributed by atoms with Gasteiger partial charge in [-0.15, -0.1) is 0 Å². The topological polar surface area (TPSA) is 41.9 Å². The molecule has 0 aromatic carbocycles. The molecule has 1 aliphatic rings. The molecular weight excluding hydrogens is 232 g/mol. The van der Waals surface area contributed by atoms with Crippen LogP contribution < -0.4 is 10.6 Å². The van der Waals surface area contributed by atoms with Crippen LogP contribution in [-0.2, 0) is 13.5 Å². The minimum Gasteiger partial charge on any atom is -0.360 e. The zero-order valence-electron chi connectivity index (χ0n) is 10.5. The van der Waals surface area contributed by atoms with Gasteiger partial charge in [0.1, 0.15) is 0 Å². The van der Waals surface area contributed by atoms with E-state index in [0.717, 1.165) is 22.9 Å². The largest absolute Gasteiger partial charge is 0.360 e. The van der Waals surface area contributed by atoms with Gasteiger partial charge in [-0.05, 0) is 31.5 Å². The van der Waals surface area contributed by atoms with Gasteiger partial charge in [-0.1, -0.05) is 19.8 Å². The maximum absolute atomic E-state index is 5.33. The molecule has 0 saturated heterocycles. The molecule has 0 unspecified atom stereocenters. The average Bonchev–Trinajstić information content (AvgIpc) is 2.88. The first-order chi connectivity index (χ1) is 8.19. The Morgan fingerprint density at radius 2 is 2.24 bits per heavy atom. The number of anilines is 1. The molecule has 0 spiro atoms. The molecule has 17 heavy (non-hydrogen) atoms. The zero-order chi connectivity index (χ0) is 12.3. The Morgan fingerprint density at radius 1 is 1.53 bits per heavy atom. The molecule has 2 N–H and O–H groups in total. The normalized spacial score (nSPS) is 16.1. The van der Waals surface area contributed by atoms with Gasteiger partial charge >= 0.3 is 0 Å². The quantitative estimate of drug-likeness (QED) is 0.809. The van der Waals surface area contributed by atoms with Gasteiger partial charge in [0.15, 0.2) is 5.11 Å². The van der Waals surface area contributed by atoms with Crippen molar-refractivity contribution in [2.75, 3.05) is 5.32 Å². The lowest BCUT2D eigenvalue weighted by molar-refractivity contribution is 0.634. The van der Waals surface area contributed by atoms with Gasteiger partial charge in [0.05, 0.1) is 11.4 Å². The number of rotatable bonds is 3. The summed E-state index contributed by atoms with van der Waals surface area (Å²) >= 11 is 5.33. The highest BCUT2D eigenvalue weighted by Gasteiger charge is 2.16. The molecule has 2 rings (SSSR count). The van der Waals surface area contributed by atoms with E-state index in [1.165, 1.54) is 25.7 Å². The summed E-state index contributed by atoms with van der Waals surface area (Å²) in [5.74, 6) is 0. The SMILES string of the molecule is CCc1nn(C)cc1NC(=S)NC1CCCC1. The van der Waals surface area contributed by atoms with Crippen molar-refractivity contribution in [1.29, 1.82) is 0 Å². The first kappa shape index (κ1) is 12.4. The highest BCUT2D eigenvalue weighted by molar-refractivity contribution is 7.80. The summed E-state index contributed by atoms with van der Waals surface area (Å²) in [6, 6.07) is 0.553. The molecule has 0 radical (unpaired) electrons. The van der Waals surface area contributed by atoms with Gasteiger partial charge in [0, 0.05) is 19.3 Å². The van der Waals surface area contributed by atoms with E-state index in [9.17, 15) is 0 Å². The average molecular weight is 252 g/mol. The zero-order valence-corrected chi connectivity index (χ0v) is 11.3. The molecule has 1 aromatic heterocycles. The van der Waals surface area contributed by atoms with Crippen LogP contribution in [0.25, 0.3) is 0 Å². The number of aromatic nitrogens is 2. The van der Waals surface area contributed by atoms with E-state index in [1.807, 2.05) is 17.9 Å². The third-order valence-corrected chi connectivity index (χ3v) is 3.40. The monoisotopic (exact) mass is 252 g/mol. The van der Waals surface area contributed by atoms with Crippen LogP contribution in [-0.4, -0.2) is 20.9 Å². The minimum absolute atomic E-state index is 0.553. The molecule has 94 valence electrons. The molecule has 5 heteroatoms. The molecular formula is C12H20N4S. The van der Waals surface area contributed by atoms with Crippen molar-refractivity contribution in [3.63, 3.8) is 0 Å². The van der Waals surface area contributed by atoms with Gasteiger partial charge in [-0.3, -0.25) is 4.68 Å². The Bertz CT molecular complexity index is 393. The van der Waals surface area contributed by atoms with E-state index in [4.69, 9.17) is 12.2 Å². The second-order valence-electron chi connectivity index (χ2n) is 4.60. The van der Waals surface area contributed by atoms with Crippen LogP contribution in [0.2, 0.25) is 0 Å². The summed E-state index contributed by atoms with van der Waals surface area (Å²) in [6.07, 6.45) is 7.97. The van der Waals surface area contributed by atoms with E-state index in [1.54, 1.807) is 0 Å². The van der Waals surface area contributed by atoms with Crippen LogP contribution in [0.1, 0.15) is 38.3 Å². The Labute approximate surface area is 108 Å². The fraction of sp³-hybridized carbons (Fsp3) is 0.667. The lowest BCUT2D eigenvalue weighted by Gasteiger charge is -2.15. The van der Waals surface area contributed by atoms with E-state index in [-0.39, 0.29) is 0 Å². The van der Waals surface area contributed by atoms with Gasteiger partial charge in [0.2, 0.25) is 0 Å². The second-order valence-corrected chi connectivity index (χ2v) is 5.00. The van der Waals surface area contributed by atoms with E-state index >= 15 is 0 Å². The Hall–Kier alpha value is -1.10. The fourth-order valence-corrected chi connectivity index (χ4v) is 2.59. The predicted molar refractivity (Wildman–Crippen MR) is 74.2 cm³/mol. The molecule has 1 aromatic rings. The van der Waals surface area contributed by atoms with Crippen molar-refractivity contribution in [2.45, 2.75) is 45.1 Å². The van der Waals surface area contributed by atoms with Crippen LogP contribution in [0.15, 0.2) is 6.20 Å².